The minimum Gasteiger partial charge on any atom is -0.309 e. The van der Waals surface area contributed by atoms with E-state index in [1.165, 1.54) is 161 Å². The van der Waals surface area contributed by atoms with Gasteiger partial charge in [0.05, 0.1) is 0 Å². The minimum atomic E-state index is 1.21. The summed E-state index contributed by atoms with van der Waals surface area (Å²) >= 11 is 0. The van der Waals surface area contributed by atoms with Crippen LogP contribution in [-0.2, 0) is 0 Å². The zero-order chi connectivity index (χ0) is 25.0. The molecule has 0 fully saturated rings. The van der Waals surface area contributed by atoms with Gasteiger partial charge in [-0.25, -0.2) is 0 Å². The first-order valence-electron chi connectivity index (χ1n) is 15.7. The van der Waals surface area contributed by atoms with Gasteiger partial charge in [0.1, 0.15) is 0 Å². The van der Waals surface area contributed by atoms with Crippen molar-refractivity contribution in [3.63, 3.8) is 0 Å². The van der Waals surface area contributed by atoms with E-state index in [9.17, 15) is 0 Å². The molecule has 0 bridgehead atoms. The summed E-state index contributed by atoms with van der Waals surface area (Å²) in [6, 6.07) is 0. The first-order valence-corrected chi connectivity index (χ1v) is 15.7. The average molecular weight is 476 g/mol. The molecule has 0 saturated carbocycles. The van der Waals surface area contributed by atoms with E-state index in [1.54, 1.807) is 5.57 Å². The molecule has 1 nitrogen and oxygen atoms in total. The van der Waals surface area contributed by atoms with Crippen molar-refractivity contribution in [3.05, 3.63) is 23.8 Å². The third-order valence-electron chi connectivity index (χ3n) is 7.13. The lowest BCUT2D eigenvalue weighted by atomic mass is 10.00. The molecule has 0 spiro atoms. The number of unbranched alkanes of at least 4 members (excludes halogenated alkanes) is 19. The van der Waals surface area contributed by atoms with Crippen molar-refractivity contribution in [2.75, 3.05) is 20.6 Å². The molecular formula is C33H65N. The summed E-state index contributed by atoms with van der Waals surface area (Å²) in [5.74, 6) is 0. The standard InChI is InChI=1S/C33H65N/c1-5-7-9-11-13-14-15-16-17-18-19-20-21-22-24-26-28-30-33(31-32-34(3)4)29-27-25-23-12-10-8-6-2/h13-14,30H,5-12,15-29,31-32H2,1-4H3/b14-13-,33-30+. The van der Waals surface area contributed by atoms with Crippen LogP contribution in [0, 0.1) is 0 Å². The number of rotatable bonds is 27. The van der Waals surface area contributed by atoms with Gasteiger partial charge in [-0.15, -0.1) is 0 Å². The van der Waals surface area contributed by atoms with Gasteiger partial charge in [0, 0.05) is 6.54 Å². The van der Waals surface area contributed by atoms with E-state index in [0.29, 0.717) is 0 Å². The van der Waals surface area contributed by atoms with Gasteiger partial charge >= 0.3 is 0 Å². The van der Waals surface area contributed by atoms with Crippen molar-refractivity contribution < 1.29 is 0 Å². The predicted octanol–water partition coefficient (Wildman–Crippen LogP) is 11.4. The molecule has 0 unspecified atom stereocenters. The smallest absolute Gasteiger partial charge is 0.00125 e. The Morgan fingerprint density at radius 2 is 0.882 bits per heavy atom. The predicted molar refractivity (Wildman–Crippen MR) is 158 cm³/mol. The van der Waals surface area contributed by atoms with Gasteiger partial charge in [-0.3, -0.25) is 0 Å². The van der Waals surface area contributed by atoms with E-state index in [0.717, 1.165) is 0 Å². The Hall–Kier alpha value is -0.560. The second-order valence-corrected chi connectivity index (χ2v) is 11.0. The zero-order valence-electron chi connectivity index (χ0n) is 24.4. The second kappa shape index (κ2) is 28.7. The van der Waals surface area contributed by atoms with Crippen molar-refractivity contribution >= 4 is 0 Å². The summed E-state index contributed by atoms with van der Waals surface area (Å²) < 4.78 is 0. The maximum atomic E-state index is 2.61. The SMILES string of the molecule is CCCCC/C=C\CCCCCCCCCCC/C=C(\CCCCCCCCC)CCN(C)C. The van der Waals surface area contributed by atoms with Crippen LogP contribution in [0.25, 0.3) is 0 Å². The molecule has 0 aliphatic rings. The lowest BCUT2D eigenvalue weighted by Gasteiger charge is -2.13. The summed E-state index contributed by atoms with van der Waals surface area (Å²) in [5, 5.41) is 0. The molecule has 0 radical (unpaired) electrons. The molecule has 0 aromatic heterocycles. The van der Waals surface area contributed by atoms with Crippen LogP contribution in [0.4, 0.5) is 0 Å². The molecule has 0 aromatic rings. The Labute approximate surface area is 217 Å². The van der Waals surface area contributed by atoms with Crippen molar-refractivity contribution in [2.45, 2.75) is 168 Å². The Morgan fingerprint density at radius 1 is 0.471 bits per heavy atom. The third kappa shape index (κ3) is 27.7. The van der Waals surface area contributed by atoms with E-state index in [2.05, 4.69) is 51.1 Å². The fraction of sp³-hybridized carbons (Fsp3) is 0.879. The molecular weight excluding hydrogens is 410 g/mol. The molecule has 0 saturated heterocycles. The first kappa shape index (κ1) is 33.4. The Bertz CT molecular complexity index is 434. The van der Waals surface area contributed by atoms with Gasteiger partial charge in [0.2, 0.25) is 0 Å². The zero-order valence-corrected chi connectivity index (χ0v) is 24.4. The molecule has 0 rings (SSSR count). The highest BCUT2D eigenvalue weighted by Crippen LogP contribution is 2.18. The lowest BCUT2D eigenvalue weighted by molar-refractivity contribution is 0.409. The monoisotopic (exact) mass is 476 g/mol. The van der Waals surface area contributed by atoms with Crippen LogP contribution in [0.5, 0.6) is 0 Å². The topological polar surface area (TPSA) is 3.24 Å². The Balaban J connectivity index is 3.64. The molecule has 0 atom stereocenters. The number of allylic oxidation sites excluding steroid dienone is 3. The average Bonchev–Trinajstić information content (AvgIpc) is 2.83. The molecule has 0 heterocycles. The van der Waals surface area contributed by atoms with Crippen LogP contribution in [0.15, 0.2) is 23.8 Å². The highest BCUT2D eigenvalue weighted by molar-refractivity contribution is 5.02. The molecule has 0 aliphatic carbocycles. The molecule has 0 N–H and O–H groups in total. The van der Waals surface area contributed by atoms with Crippen molar-refractivity contribution in [2.24, 2.45) is 0 Å². The quantitative estimate of drug-likeness (QED) is 0.0843. The summed E-state index contributed by atoms with van der Waals surface area (Å²) in [5.41, 5.74) is 1.73. The fourth-order valence-corrected chi connectivity index (χ4v) is 4.70. The van der Waals surface area contributed by atoms with E-state index >= 15 is 0 Å². The minimum absolute atomic E-state index is 1.21. The van der Waals surface area contributed by atoms with Gasteiger partial charge in [0.15, 0.2) is 0 Å². The maximum Gasteiger partial charge on any atom is 0.00125 e. The van der Waals surface area contributed by atoms with Crippen LogP contribution >= 0.6 is 0 Å². The third-order valence-corrected chi connectivity index (χ3v) is 7.13. The van der Waals surface area contributed by atoms with Crippen molar-refractivity contribution in [3.8, 4) is 0 Å². The van der Waals surface area contributed by atoms with Gasteiger partial charge in [-0.2, -0.15) is 0 Å². The van der Waals surface area contributed by atoms with Crippen LogP contribution in [0.3, 0.4) is 0 Å². The van der Waals surface area contributed by atoms with Gasteiger partial charge in [-0.1, -0.05) is 134 Å². The number of hydrogen-bond acceptors (Lipinski definition) is 1. The van der Waals surface area contributed by atoms with Gasteiger partial charge in [0.25, 0.3) is 0 Å². The Kier molecular flexibility index (Phi) is 28.2. The lowest BCUT2D eigenvalue weighted by Crippen LogP contribution is -2.13. The van der Waals surface area contributed by atoms with Gasteiger partial charge in [-0.05, 0) is 71.9 Å². The van der Waals surface area contributed by atoms with Crippen LogP contribution in [-0.4, -0.2) is 25.5 Å². The van der Waals surface area contributed by atoms with Crippen molar-refractivity contribution in [1.82, 2.24) is 4.90 Å². The molecule has 0 amide bonds. The summed E-state index contributed by atoms with van der Waals surface area (Å²) in [7, 11) is 4.41. The van der Waals surface area contributed by atoms with E-state index in [4.69, 9.17) is 0 Å². The van der Waals surface area contributed by atoms with E-state index in [1.807, 2.05) is 0 Å². The van der Waals surface area contributed by atoms with Crippen LogP contribution < -0.4 is 0 Å². The van der Waals surface area contributed by atoms with E-state index < -0.39 is 0 Å². The molecule has 202 valence electrons. The number of nitrogens with zero attached hydrogens (tertiary/aromatic N) is 1. The Morgan fingerprint density at radius 3 is 1.41 bits per heavy atom. The van der Waals surface area contributed by atoms with Crippen LogP contribution in [0.1, 0.15) is 168 Å². The first-order chi connectivity index (χ1) is 16.7. The second-order valence-electron chi connectivity index (χ2n) is 11.0. The van der Waals surface area contributed by atoms with Crippen molar-refractivity contribution in [1.29, 1.82) is 0 Å². The van der Waals surface area contributed by atoms with E-state index in [-0.39, 0.29) is 0 Å². The maximum absolute atomic E-state index is 2.61. The highest BCUT2D eigenvalue weighted by atomic mass is 15.0. The molecule has 0 aromatic carbocycles. The normalized spacial score (nSPS) is 12.4. The summed E-state index contributed by atoms with van der Waals surface area (Å²) in [6.45, 7) is 5.79. The fourth-order valence-electron chi connectivity index (χ4n) is 4.70. The largest absolute Gasteiger partial charge is 0.309 e. The highest BCUT2D eigenvalue weighted by Gasteiger charge is 2.01. The summed E-state index contributed by atoms with van der Waals surface area (Å²) in [6.07, 6.45) is 40.9. The molecule has 34 heavy (non-hydrogen) atoms. The number of hydrogen-bond donors (Lipinski definition) is 0. The molecule has 1 heteroatoms. The van der Waals surface area contributed by atoms with Gasteiger partial charge < -0.3 is 4.90 Å². The summed E-state index contributed by atoms with van der Waals surface area (Å²) in [4.78, 5) is 2.34. The molecule has 0 aliphatic heterocycles. The van der Waals surface area contributed by atoms with Crippen LogP contribution in [0.2, 0.25) is 0 Å².